The topological polar surface area (TPSA) is 72.6 Å². The SMILES string of the molecule is C=CCSC1=NC(=Cc2ccc(Cl)c([N+](=O)[O-])c2)C(=O)S1. The summed E-state index contributed by atoms with van der Waals surface area (Å²) in [5.41, 5.74) is 0.575. The third-order valence-electron chi connectivity index (χ3n) is 2.40. The Balaban J connectivity index is 2.29. The summed E-state index contributed by atoms with van der Waals surface area (Å²) < 4.78 is 0.648. The number of nitro benzene ring substituents is 1. The fourth-order valence-electron chi connectivity index (χ4n) is 1.50. The largest absolute Gasteiger partial charge is 0.288 e. The van der Waals surface area contributed by atoms with Gasteiger partial charge in [-0.3, -0.25) is 14.9 Å². The molecule has 0 unspecified atom stereocenters. The van der Waals surface area contributed by atoms with Crippen LogP contribution in [0.25, 0.3) is 6.08 Å². The third-order valence-corrected chi connectivity index (χ3v) is 4.72. The van der Waals surface area contributed by atoms with Crippen LogP contribution < -0.4 is 0 Å². The van der Waals surface area contributed by atoms with E-state index in [2.05, 4.69) is 11.6 Å². The molecule has 0 N–H and O–H groups in total. The Labute approximate surface area is 134 Å². The number of hydrogen-bond donors (Lipinski definition) is 0. The monoisotopic (exact) mass is 340 g/mol. The minimum atomic E-state index is -0.565. The molecule has 108 valence electrons. The lowest BCUT2D eigenvalue weighted by Gasteiger charge is -1.97. The van der Waals surface area contributed by atoms with E-state index in [1.165, 1.54) is 30.0 Å². The van der Waals surface area contributed by atoms with Crippen LogP contribution in [0.1, 0.15) is 5.56 Å². The van der Waals surface area contributed by atoms with E-state index in [1.807, 2.05) is 0 Å². The molecule has 0 radical (unpaired) electrons. The van der Waals surface area contributed by atoms with E-state index in [0.29, 0.717) is 15.7 Å². The molecule has 1 aliphatic rings. The van der Waals surface area contributed by atoms with Crippen molar-refractivity contribution in [2.45, 2.75) is 0 Å². The van der Waals surface area contributed by atoms with Gasteiger partial charge in [-0.2, -0.15) is 0 Å². The van der Waals surface area contributed by atoms with Gasteiger partial charge >= 0.3 is 0 Å². The molecule has 0 spiro atoms. The van der Waals surface area contributed by atoms with Gasteiger partial charge in [0.15, 0.2) is 0 Å². The minimum Gasteiger partial charge on any atom is -0.279 e. The standard InChI is InChI=1S/C13H9ClN2O3S2/c1-2-5-20-13-15-10(12(17)21-13)6-8-3-4-9(14)11(7-8)16(18)19/h2-4,6-7H,1,5H2. The van der Waals surface area contributed by atoms with Gasteiger partial charge in [-0.05, 0) is 29.5 Å². The summed E-state index contributed by atoms with van der Waals surface area (Å²) >= 11 is 8.20. The van der Waals surface area contributed by atoms with Crippen LogP contribution >= 0.6 is 35.1 Å². The number of hydrogen-bond acceptors (Lipinski definition) is 6. The number of aliphatic imine (C=N–C) groups is 1. The zero-order chi connectivity index (χ0) is 15.4. The Hall–Kier alpha value is -1.57. The van der Waals surface area contributed by atoms with Crippen molar-refractivity contribution < 1.29 is 9.72 Å². The van der Waals surface area contributed by atoms with E-state index in [1.54, 1.807) is 12.1 Å². The van der Waals surface area contributed by atoms with Gasteiger partial charge in [0, 0.05) is 11.8 Å². The minimum absolute atomic E-state index is 0.0556. The van der Waals surface area contributed by atoms with E-state index in [4.69, 9.17) is 11.6 Å². The van der Waals surface area contributed by atoms with Crippen LogP contribution in [0, 0.1) is 10.1 Å². The van der Waals surface area contributed by atoms with Crippen molar-refractivity contribution in [3.05, 3.63) is 57.3 Å². The van der Waals surface area contributed by atoms with Gasteiger partial charge in [0.25, 0.3) is 5.69 Å². The van der Waals surface area contributed by atoms with E-state index in [9.17, 15) is 14.9 Å². The summed E-state index contributed by atoms with van der Waals surface area (Å²) in [7, 11) is 0. The van der Waals surface area contributed by atoms with Crippen LogP contribution in [0.4, 0.5) is 5.69 Å². The van der Waals surface area contributed by atoms with Gasteiger partial charge in [0.2, 0.25) is 5.12 Å². The molecule has 1 heterocycles. The maximum absolute atomic E-state index is 11.8. The molecule has 0 atom stereocenters. The van der Waals surface area contributed by atoms with Crippen molar-refractivity contribution in [1.82, 2.24) is 0 Å². The van der Waals surface area contributed by atoms with E-state index >= 15 is 0 Å². The van der Waals surface area contributed by atoms with Crippen LogP contribution in [0.5, 0.6) is 0 Å². The molecule has 5 nitrogen and oxygen atoms in total. The molecule has 1 aliphatic heterocycles. The van der Waals surface area contributed by atoms with Crippen molar-refractivity contribution in [3.63, 3.8) is 0 Å². The molecule has 0 aliphatic carbocycles. The molecule has 0 saturated heterocycles. The number of carbonyl (C=O) groups is 1. The Morgan fingerprint density at radius 3 is 2.95 bits per heavy atom. The van der Waals surface area contributed by atoms with Gasteiger partial charge in [-0.1, -0.05) is 35.5 Å². The van der Waals surface area contributed by atoms with Crippen LogP contribution in [-0.2, 0) is 4.79 Å². The molecule has 8 heteroatoms. The number of halogens is 1. The Morgan fingerprint density at radius 2 is 2.29 bits per heavy atom. The first-order valence-electron chi connectivity index (χ1n) is 5.71. The second kappa shape index (κ2) is 6.93. The second-order valence-electron chi connectivity index (χ2n) is 3.86. The summed E-state index contributed by atoms with van der Waals surface area (Å²) in [5.74, 6) is 0.665. The smallest absolute Gasteiger partial charge is 0.279 e. The maximum Gasteiger partial charge on any atom is 0.288 e. The highest BCUT2D eigenvalue weighted by Crippen LogP contribution is 2.32. The van der Waals surface area contributed by atoms with Crippen molar-refractivity contribution in [3.8, 4) is 0 Å². The highest BCUT2D eigenvalue weighted by Gasteiger charge is 2.22. The third kappa shape index (κ3) is 3.96. The average molecular weight is 341 g/mol. The second-order valence-corrected chi connectivity index (χ2v) is 6.50. The van der Waals surface area contributed by atoms with Gasteiger partial charge < -0.3 is 0 Å². The van der Waals surface area contributed by atoms with Gasteiger partial charge in [0.1, 0.15) is 15.1 Å². The van der Waals surface area contributed by atoms with E-state index in [0.717, 1.165) is 11.8 Å². The number of benzene rings is 1. The molecule has 0 amide bonds. The normalized spacial score (nSPS) is 16.1. The first kappa shape index (κ1) is 15.8. The predicted molar refractivity (Wildman–Crippen MR) is 88.8 cm³/mol. The van der Waals surface area contributed by atoms with E-state index in [-0.39, 0.29) is 21.5 Å². The van der Waals surface area contributed by atoms with Crippen LogP contribution in [0.15, 0.2) is 41.5 Å². The quantitative estimate of drug-likeness (QED) is 0.356. The first-order chi connectivity index (χ1) is 10.0. The molecular weight excluding hydrogens is 332 g/mol. The van der Waals surface area contributed by atoms with E-state index < -0.39 is 4.92 Å². The summed E-state index contributed by atoms with van der Waals surface area (Å²) in [6.07, 6.45) is 3.24. The molecule has 21 heavy (non-hydrogen) atoms. The van der Waals surface area contributed by atoms with Crippen molar-refractivity contribution in [2.75, 3.05) is 5.75 Å². The van der Waals surface area contributed by atoms with Crippen molar-refractivity contribution in [1.29, 1.82) is 0 Å². The van der Waals surface area contributed by atoms with Crippen LogP contribution in [0.3, 0.4) is 0 Å². The lowest BCUT2D eigenvalue weighted by Crippen LogP contribution is -1.91. The van der Waals surface area contributed by atoms with Crippen molar-refractivity contribution in [2.24, 2.45) is 4.99 Å². The lowest BCUT2D eigenvalue weighted by atomic mass is 10.2. The molecule has 0 saturated carbocycles. The van der Waals surface area contributed by atoms with Crippen LogP contribution in [0.2, 0.25) is 5.02 Å². The number of carbonyl (C=O) groups excluding carboxylic acids is 1. The summed E-state index contributed by atoms with van der Waals surface area (Å²) in [4.78, 5) is 26.3. The highest BCUT2D eigenvalue weighted by molar-refractivity contribution is 8.45. The number of nitrogens with zero attached hydrogens (tertiary/aromatic N) is 2. The molecule has 0 fully saturated rings. The molecule has 2 rings (SSSR count). The molecule has 0 aromatic heterocycles. The molecule has 1 aromatic carbocycles. The molecule has 1 aromatic rings. The summed E-state index contributed by atoms with van der Waals surface area (Å²) in [5, 5.41) is 10.7. The zero-order valence-corrected chi connectivity index (χ0v) is 13.0. The Kier molecular flexibility index (Phi) is 5.22. The summed E-state index contributed by atoms with van der Waals surface area (Å²) in [6.45, 7) is 3.60. The predicted octanol–water partition coefficient (Wildman–Crippen LogP) is 4.14. The Bertz CT molecular complexity index is 686. The first-order valence-corrected chi connectivity index (χ1v) is 7.89. The van der Waals surface area contributed by atoms with Gasteiger partial charge in [-0.25, -0.2) is 4.99 Å². The fourth-order valence-corrected chi connectivity index (χ4v) is 3.29. The molecule has 0 bridgehead atoms. The average Bonchev–Trinajstić information content (AvgIpc) is 2.78. The fraction of sp³-hybridized carbons (Fsp3) is 0.0769. The number of nitro groups is 1. The number of rotatable bonds is 4. The maximum atomic E-state index is 11.8. The lowest BCUT2D eigenvalue weighted by molar-refractivity contribution is -0.384. The zero-order valence-electron chi connectivity index (χ0n) is 10.6. The van der Waals surface area contributed by atoms with Crippen molar-refractivity contribution >= 4 is 56.4 Å². The van der Waals surface area contributed by atoms with Gasteiger partial charge in [-0.15, -0.1) is 6.58 Å². The van der Waals surface area contributed by atoms with Crippen LogP contribution in [-0.4, -0.2) is 20.2 Å². The summed E-state index contributed by atoms with van der Waals surface area (Å²) in [6, 6.07) is 4.35. The number of thioether (sulfide) groups is 2. The highest BCUT2D eigenvalue weighted by atomic mass is 35.5. The van der Waals surface area contributed by atoms with Gasteiger partial charge in [0.05, 0.1) is 4.92 Å². The Morgan fingerprint density at radius 1 is 1.52 bits per heavy atom. The molecular formula is C13H9ClN2O3S2.